The fraction of sp³-hybridized carbons (Fsp3) is 0.538. The van der Waals surface area contributed by atoms with Crippen molar-refractivity contribution in [3.63, 3.8) is 0 Å². The number of aliphatic hydroxyl groups is 1. The van der Waals surface area contributed by atoms with E-state index >= 15 is 0 Å². The molecule has 0 unspecified atom stereocenters. The molecule has 3 nitrogen and oxygen atoms in total. The van der Waals surface area contributed by atoms with Gasteiger partial charge in [-0.1, -0.05) is 0 Å². The number of pyridine rings is 1. The molecule has 86 valence electrons. The maximum Gasteiger partial charge on any atom is 0.138 e. The molecule has 1 aromatic heterocycles. The fourth-order valence-corrected chi connectivity index (χ4v) is 2.46. The number of ketones is 1. The van der Waals surface area contributed by atoms with Crippen molar-refractivity contribution in [1.82, 2.24) is 4.98 Å². The minimum atomic E-state index is -0.530. The van der Waals surface area contributed by atoms with Gasteiger partial charge in [0.1, 0.15) is 5.78 Å². The number of nitrogens with zero attached hydrogens (tertiary/aromatic N) is 1. The molecule has 1 aromatic rings. The first-order valence-electron chi connectivity index (χ1n) is 5.79. The van der Waals surface area contributed by atoms with Crippen molar-refractivity contribution in [2.24, 2.45) is 5.92 Å². The van der Waals surface area contributed by atoms with E-state index in [4.69, 9.17) is 0 Å². The van der Waals surface area contributed by atoms with Crippen LogP contribution in [-0.4, -0.2) is 22.0 Å². The van der Waals surface area contributed by atoms with Crippen molar-refractivity contribution < 1.29 is 9.90 Å². The minimum absolute atomic E-state index is 0.188. The first kappa shape index (κ1) is 11.3. The molecule has 1 N–H and O–H groups in total. The molecule has 1 aliphatic carbocycles. The van der Waals surface area contributed by atoms with Crippen molar-refractivity contribution >= 4 is 5.78 Å². The second-order valence-electron chi connectivity index (χ2n) is 4.57. The Balaban J connectivity index is 2.12. The summed E-state index contributed by atoms with van der Waals surface area (Å²) in [4.78, 5) is 15.6. The van der Waals surface area contributed by atoms with Crippen LogP contribution in [0.5, 0.6) is 0 Å². The molecule has 3 heteroatoms. The molecule has 0 bridgehead atoms. The van der Waals surface area contributed by atoms with E-state index in [2.05, 4.69) is 4.98 Å². The molecule has 2 rings (SSSR count). The Bertz CT molecular complexity index is 361. The van der Waals surface area contributed by atoms with Crippen LogP contribution in [0.2, 0.25) is 0 Å². The number of aromatic nitrogens is 1. The van der Waals surface area contributed by atoms with Gasteiger partial charge in [0.05, 0.1) is 6.10 Å². The predicted molar refractivity (Wildman–Crippen MR) is 61.0 cm³/mol. The highest BCUT2D eigenvalue weighted by molar-refractivity contribution is 5.82. The second kappa shape index (κ2) is 4.74. The minimum Gasteiger partial charge on any atom is -0.393 e. The van der Waals surface area contributed by atoms with Gasteiger partial charge in [0, 0.05) is 24.7 Å². The molecule has 1 saturated carbocycles. The Kier molecular flexibility index (Phi) is 3.34. The first-order chi connectivity index (χ1) is 7.68. The number of hydrogen-bond donors (Lipinski definition) is 1. The Hall–Kier alpha value is -1.22. The molecular formula is C13H17NO2. The summed E-state index contributed by atoms with van der Waals surface area (Å²) in [6.45, 7) is 1.71. The van der Waals surface area contributed by atoms with Crippen LogP contribution in [-0.2, 0) is 4.79 Å². The Morgan fingerprint density at radius 2 is 2.12 bits per heavy atom. The van der Waals surface area contributed by atoms with Crippen LogP contribution in [0.15, 0.2) is 24.5 Å². The average Bonchev–Trinajstić information content (AvgIpc) is 2.30. The summed E-state index contributed by atoms with van der Waals surface area (Å²) in [5, 5.41) is 9.58. The maximum absolute atomic E-state index is 11.6. The van der Waals surface area contributed by atoms with Gasteiger partial charge in [-0.3, -0.25) is 9.78 Å². The average molecular weight is 219 g/mol. The zero-order chi connectivity index (χ0) is 11.5. The highest BCUT2D eigenvalue weighted by atomic mass is 16.3. The molecule has 1 fully saturated rings. The molecule has 1 heterocycles. The van der Waals surface area contributed by atoms with Gasteiger partial charge in [-0.05, 0) is 43.4 Å². The SMILES string of the molecule is C[C@H](O)[C@@H]1C[C@H](c2ccncc2)CCC1=O. The molecule has 0 radical (unpaired) electrons. The topological polar surface area (TPSA) is 50.2 Å². The van der Waals surface area contributed by atoms with Gasteiger partial charge >= 0.3 is 0 Å². The summed E-state index contributed by atoms with van der Waals surface area (Å²) >= 11 is 0. The van der Waals surface area contributed by atoms with Crippen LogP contribution in [0.1, 0.15) is 37.7 Å². The normalized spacial score (nSPS) is 27.8. The Morgan fingerprint density at radius 1 is 1.44 bits per heavy atom. The van der Waals surface area contributed by atoms with Crippen molar-refractivity contribution in [1.29, 1.82) is 0 Å². The van der Waals surface area contributed by atoms with Gasteiger partial charge < -0.3 is 5.11 Å². The number of carbonyl (C=O) groups is 1. The number of rotatable bonds is 2. The van der Waals surface area contributed by atoms with E-state index in [-0.39, 0.29) is 11.7 Å². The summed E-state index contributed by atoms with van der Waals surface area (Å²) in [5.41, 5.74) is 1.23. The Labute approximate surface area is 95.5 Å². The van der Waals surface area contributed by atoms with Crippen molar-refractivity contribution in [2.45, 2.75) is 38.2 Å². The molecule has 3 atom stereocenters. The van der Waals surface area contributed by atoms with Crippen LogP contribution in [0, 0.1) is 5.92 Å². The second-order valence-corrected chi connectivity index (χ2v) is 4.57. The molecule has 0 aliphatic heterocycles. The lowest BCUT2D eigenvalue weighted by atomic mass is 9.75. The molecular weight excluding hydrogens is 202 g/mol. The fourth-order valence-electron chi connectivity index (χ4n) is 2.46. The predicted octanol–water partition coefficient (Wildman–Crippen LogP) is 1.92. The third kappa shape index (κ3) is 2.30. The van der Waals surface area contributed by atoms with Crippen molar-refractivity contribution in [3.8, 4) is 0 Å². The van der Waals surface area contributed by atoms with E-state index < -0.39 is 6.10 Å². The van der Waals surface area contributed by atoms with Crippen LogP contribution in [0.4, 0.5) is 0 Å². The molecule has 16 heavy (non-hydrogen) atoms. The molecule has 1 aliphatic rings. The summed E-state index contributed by atoms with van der Waals surface area (Å²) in [7, 11) is 0. The first-order valence-corrected chi connectivity index (χ1v) is 5.79. The number of carbonyl (C=O) groups excluding carboxylic acids is 1. The van der Waals surface area contributed by atoms with E-state index in [0.29, 0.717) is 12.3 Å². The number of Topliss-reactive ketones (excluding diaryl/α,β-unsaturated/α-hetero) is 1. The van der Waals surface area contributed by atoms with E-state index in [9.17, 15) is 9.90 Å². The van der Waals surface area contributed by atoms with E-state index in [1.54, 1.807) is 19.3 Å². The van der Waals surface area contributed by atoms with Crippen LogP contribution in [0.3, 0.4) is 0 Å². The highest BCUT2D eigenvalue weighted by Crippen LogP contribution is 2.35. The molecule has 0 saturated heterocycles. The molecule has 0 amide bonds. The van der Waals surface area contributed by atoms with E-state index in [1.165, 1.54) is 5.56 Å². The zero-order valence-corrected chi connectivity index (χ0v) is 9.47. The maximum atomic E-state index is 11.6. The highest BCUT2D eigenvalue weighted by Gasteiger charge is 2.32. The molecule has 0 spiro atoms. The molecule has 0 aromatic carbocycles. The van der Waals surface area contributed by atoms with Gasteiger partial charge in [-0.25, -0.2) is 0 Å². The lowest BCUT2D eigenvalue weighted by Crippen LogP contribution is -2.31. The summed E-state index contributed by atoms with van der Waals surface area (Å²) in [5.74, 6) is 0.410. The zero-order valence-electron chi connectivity index (χ0n) is 9.47. The van der Waals surface area contributed by atoms with Crippen molar-refractivity contribution in [3.05, 3.63) is 30.1 Å². The van der Waals surface area contributed by atoms with Gasteiger partial charge in [0.15, 0.2) is 0 Å². The third-order valence-corrected chi connectivity index (χ3v) is 3.45. The lowest BCUT2D eigenvalue weighted by Gasteiger charge is -2.29. The standard InChI is InChI=1S/C13H17NO2/c1-9(15)12-8-11(2-3-13(12)16)10-4-6-14-7-5-10/h4-7,9,11-12,15H,2-3,8H2,1H3/t9-,11+,12-/m0/s1. The van der Waals surface area contributed by atoms with E-state index in [0.717, 1.165) is 12.8 Å². The van der Waals surface area contributed by atoms with Gasteiger partial charge in [0.25, 0.3) is 0 Å². The lowest BCUT2D eigenvalue weighted by molar-refractivity contribution is -0.128. The van der Waals surface area contributed by atoms with Crippen LogP contribution >= 0.6 is 0 Å². The summed E-state index contributed by atoms with van der Waals surface area (Å²) in [6, 6.07) is 4.00. The smallest absolute Gasteiger partial charge is 0.138 e. The monoisotopic (exact) mass is 219 g/mol. The number of hydrogen-bond acceptors (Lipinski definition) is 3. The van der Waals surface area contributed by atoms with E-state index in [1.807, 2.05) is 12.1 Å². The van der Waals surface area contributed by atoms with Gasteiger partial charge in [-0.15, -0.1) is 0 Å². The largest absolute Gasteiger partial charge is 0.393 e. The van der Waals surface area contributed by atoms with Crippen LogP contribution in [0.25, 0.3) is 0 Å². The van der Waals surface area contributed by atoms with Gasteiger partial charge in [-0.2, -0.15) is 0 Å². The quantitative estimate of drug-likeness (QED) is 0.826. The number of aliphatic hydroxyl groups excluding tert-OH is 1. The van der Waals surface area contributed by atoms with Crippen molar-refractivity contribution in [2.75, 3.05) is 0 Å². The third-order valence-electron chi connectivity index (χ3n) is 3.45. The Morgan fingerprint density at radius 3 is 2.75 bits per heavy atom. The summed E-state index contributed by atoms with van der Waals surface area (Å²) < 4.78 is 0. The summed E-state index contributed by atoms with van der Waals surface area (Å²) in [6.07, 6.45) is 5.28. The van der Waals surface area contributed by atoms with Gasteiger partial charge in [0.2, 0.25) is 0 Å². The van der Waals surface area contributed by atoms with Crippen LogP contribution < -0.4 is 0 Å².